The maximum absolute atomic E-state index is 11.5. The molecular formula is C9H12N2OS. The lowest BCUT2D eigenvalue weighted by molar-refractivity contribution is 0.600. The fraction of sp³-hybridized carbons (Fsp3) is 0.444. The van der Waals surface area contributed by atoms with Crippen molar-refractivity contribution in [2.45, 2.75) is 26.8 Å². The molecule has 0 atom stereocenters. The fourth-order valence-electron chi connectivity index (χ4n) is 1.49. The van der Waals surface area contributed by atoms with Crippen molar-refractivity contribution in [3.05, 3.63) is 21.4 Å². The van der Waals surface area contributed by atoms with Crippen LogP contribution in [0.15, 0.2) is 10.2 Å². The van der Waals surface area contributed by atoms with E-state index in [1.54, 1.807) is 15.9 Å². The van der Waals surface area contributed by atoms with E-state index in [1.807, 2.05) is 20.8 Å². The molecule has 1 N–H and O–H groups in total. The molecule has 0 radical (unpaired) electrons. The summed E-state index contributed by atoms with van der Waals surface area (Å²) >= 11 is 1.62. The van der Waals surface area contributed by atoms with Crippen molar-refractivity contribution < 1.29 is 0 Å². The van der Waals surface area contributed by atoms with Crippen molar-refractivity contribution in [3.63, 3.8) is 0 Å². The van der Waals surface area contributed by atoms with E-state index in [1.165, 1.54) is 0 Å². The van der Waals surface area contributed by atoms with Crippen LogP contribution in [0.1, 0.15) is 25.5 Å². The van der Waals surface area contributed by atoms with Crippen LogP contribution in [0.4, 0.5) is 0 Å². The lowest BCUT2D eigenvalue weighted by Gasteiger charge is -2.03. The van der Waals surface area contributed by atoms with Crippen LogP contribution >= 0.6 is 11.3 Å². The predicted octanol–water partition coefficient (Wildman–Crippen LogP) is 2.28. The number of nitrogens with one attached hydrogen (secondary N) is 1. The first-order chi connectivity index (χ1) is 6.11. The van der Waals surface area contributed by atoms with Crippen molar-refractivity contribution in [2.24, 2.45) is 0 Å². The zero-order chi connectivity index (χ0) is 9.59. The number of aromatic amines is 1. The number of thiophene rings is 1. The highest BCUT2D eigenvalue weighted by Gasteiger charge is 2.12. The Morgan fingerprint density at radius 2 is 2.23 bits per heavy atom. The van der Waals surface area contributed by atoms with E-state index in [4.69, 9.17) is 0 Å². The first-order valence-corrected chi connectivity index (χ1v) is 5.17. The van der Waals surface area contributed by atoms with Crippen LogP contribution in [0.5, 0.6) is 0 Å². The summed E-state index contributed by atoms with van der Waals surface area (Å²) in [6, 6.07) is 0.222. The van der Waals surface area contributed by atoms with Gasteiger partial charge < -0.3 is 4.98 Å². The molecule has 13 heavy (non-hydrogen) atoms. The molecule has 3 nitrogen and oxygen atoms in total. The number of H-pyrrole nitrogens is 1. The zero-order valence-corrected chi connectivity index (χ0v) is 8.73. The summed E-state index contributed by atoms with van der Waals surface area (Å²) in [6.07, 6.45) is 0. The Hall–Kier alpha value is -1.03. The van der Waals surface area contributed by atoms with Crippen LogP contribution in [0.2, 0.25) is 0 Å². The number of aromatic nitrogens is 2. The lowest BCUT2D eigenvalue weighted by Crippen LogP contribution is -2.18. The fourth-order valence-corrected chi connectivity index (χ4v) is 2.63. The summed E-state index contributed by atoms with van der Waals surface area (Å²) < 4.78 is 1.80. The monoisotopic (exact) mass is 196 g/mol. The molecule has 0 spiro atoms. The van der Waals surface area contributed by atoms with Gasteiger partial charge in [-0.2, -0.15) is 0 Å². The first kappa shape index (κ1) is 8.56. The zero-order valence-electron chi connectivity index (χ0n) is 7.92. The molecule has 0 aliphatic rings. The van der Waals surface area contributed by atoms with Gasteiger partial charge in [0.15, 0.2) is 0 Å². The second kappa shape index (κ2) is 2.73. The van der Waals surface area contributed by atoms with Crippen LogP contribution in [0.25, 0.3) is 10.3 Å². The van der Waals surface area contributed by atoms with Gasteiger partial charge in [0.25, 0.3) is 0 Å². The molecule has 2 heterocycles. The predicted molar refractivity (Wildman–Crippen MR) is 55.6 cm³/mol. The number of rotatable bonds is 1. The Labute approximate surface area is 80.0 Å². The third-order valence-corrected chi connectivity index (χ3v) is 3.24. The molecule has 4 heteroatoms. The third kappa shape index (κ3) is 1.13. The number of hydrogen-bond acceptors (Lipinski definition) is 2. The van der Waals surface area contributed by atoms with E-state index in [9.17, 15) is 4.79 Å². The Balaban J connectivity index is 2.87. The molecule has 2 rings (SSSR count). The summed E-state index contributed by atoms with van der Waals surface area (Å²) in [4.78, 5) is 15.4. The quantitative estimate of drug-likeness (QED) is 0.746. The highest BCUT2D eigenvalue weighted by Crippen LogP contribution is 2.24. The Morgan fingerprint density at radius 1 is 1.54 bits per heavy atom. The summed E-state index contributed by atoms with van der Waals surface area (Å²) in [6.45, 7) is 6.05. The van der Waals surface area contributed by atoms with Crippen molar-refractivity contribution in [3.8, 4) is 0 Å². The molecule has 0 saturated carbocycles. The second-order valence-electron chi connectivity index (χ2n) is 3.49. The van der Waals surface area contributed by atoms with Crippen LogP contribution in [-0.2, 0) is 0 Å². The SMILES string of the molecule is Cc1csc2c1[nH]c(=O)n2C(C)C. The second-order valence-corrected chi connectivity index (χ2v) is 4.35. The normalized spacial score (nSPS) is 11.7. The van der Waals surface area contributed by atoms with Gasteiger partial charge in [0.2, 0.25) is 0 Å². The van der Waals surface area contributed by atoms with Crippen molar-refractivity contribution in [1.29, 1.82) is 0 Å². The van der Waals surface area contributed by atoms with Crippen LogP contribution in [0, 0.1) is 6.92 Å². The maximum Gasteiger partial charge on any atom is 0.327 e. The largest absolute Gasteiger partial charge is 0.327 e. The van der Waals surface area contributed by atoms with Crippen molar-refractivity contribution in [2.75, 3.05) is 0 Å². The van der Waals surface area contributed by atoms with Gasteiger partial charge in [-0.1, -0.05) is 0 Å². The van der Waals surface area contributed by atoms with Gasteiger partial charge in [-0.25, -0.2) is 4.79 Å². The Bertz CT molecular complexity index is 489. The van der Waals surface area contributed by atoms with Crippen LogP contribution < -0.4 is 5.69 Å². The van der Waals surface area contributed by atoms with E-state index >= 15 is 0 Å². The smallest absolute Gasteiger partial charge is 0.304 e. The number of hydrogen-bond donors (Lipinski definition) is 1. The van der Waals surface area contributed by atoms with E-state index in [0.717, 1.165) is 15.9 Å². The van der Waals surface area contributed by atoms with E-state index in [2.05, 4.69) is 10.4 Å². The van der Waals surface area contributed by atoms with Gasteiger partial charge in [0, 0.05) is 6.04 Å². The molecule has 2 aromatic rings. The minimum absolute atomic E-state index is 0.0000463. The maximum atomic E-state index is 11.5. The average Bonchev–Trinajstić information content (AvgIpc) is 2.51. The standard InChI is InChI=1S/C9H12N2OS/c1-5(2)11-8-7(10-9(11)12)6(3)4-13-8/h4-5H,1-3H3,(H,10,12). The summed E-state index contributed by atoms with van der Waals surface area (Å²) in [5.41, 5.74) is 2.14. The van der Waals surface area contributed by atoms with Crippen molar-refractivity contribution >= 4 is 21.7 Å². The topological polar surface area (TPSA) is 37.8 Å². The van der Waals surface area contributed by atoms with E-state index < -0.39 is 0 Å². The highest BCUT2D eigenvalue weighted by molar-refractivity contribution is 7.16. The molecule has 0 aliphatic carbocycles. The van der Waals surface area contributed by atoms with Gasteiger partial charge in [0.05, 0.1) is 5.52 Å². The average molecular weight is 196 g/mol. The van der Waals surface area contributed by atoms with Gasteiger partial charge >= 0.3 is 5.69 Å². The van der Waals surface area contributed by atoms with Crippen LogP contribution in [0.3, 0.4) is 0 Å². The van der Waals surface area contributed by atoms with Gasteiger partial charge in [-0.05, 0) is 31.7 Å². The number of nitrogens with zero attached hydrogens (tertiary/aromatic N) is 1. The van der Waals surface area contributed by atoms with Crippen molar-refractivity contribution in [1.82, 2.24) is 9.55 Å². The number of aryl methyl sites for hydroxylation is 1. The molecular weight excluding hydrogens is 184 g/mol. The Morgan fingerprint density at radius 3 is 2.85 bits per heavy atom. The van der Waals surface area contributed by atoms with E-state index in [0.29, 0.717) is 0 Å². The molecule has 0 amide bonds. The molecule has 0 saturated heterocycles. The molecule has 0 aliphatic heterocycles. The molecule has 70 valence electrons. The number of fused-ring (bicyclic) bond motifs is 1. The van der Waals surface area contributed by atoms with E-state index in [-0.39, 0.29) is 11.7 Å². The summed E-state index contributed by atoms with van der Waals surface area (Å²) in [5.74, 6) is 0. The van der Waals surface area contributed by atoms with Gasteiger partial charge in [-0.3, -0.25) is 4.57 Å². The molecule has 0 unspecified atom stereocenters. The first-order valence-electron chi connectivity index (χ1n) is 4.29. The minimum atomic E-state index is -0.0000463. The Kier molecular flexibility index (Phi) is 1.80. The number of imidazole rings is 1. The summed E-state index contributed by atoms with van der Waals surface area (Å²) in [7, 11) is 0. The molecule has 0 bridgehead atoms. The van der Waals surface area contributed by atoms with Gasteiger partial charge in [-0.15, -0.1) is 11.3 Å². The van der Waals surface area contributed by atoms with Gasteiger partial charge in [0.1, 0.15) is 4.83 Å². The molecule has 0 aromatic carbocycles. The summed E-state index contributed by atoms with van der Waals surface area (Å²) in [5, 5.41) is 2.07. The molecule has 0 fully saturated rings. The lowest BCUT2D eigenvalue weighted by atomic mass is 10.3. The minimum Gasteiger partial charge on any atom is -0.304 e. The van der Waals surface area contributed by atoms with Crippen LogP contribution in [-0.4, -0.2) is 9.55 Å². The molecule has 2 aromatic heterocycles. The third-order valence-electron chi connectivity index (χ3n) is 2.14. The highest BCUT2D eigenvalue weighted by atomic mass is 32.1.